The summed E-state index contributed by atoms with van der Waals surface area (Å²) in [6, 6.07) is 0. The predicted molar refractivity (Wildman–Crippen MR) is 27.2 cm³/mol. The highest BCUT2D eigenvalue weighted by molar-refractivity contribution is 5.78. The van der Waals surface area contributed by atoms with Gasteiger partial charge in [-0.2, -0.15) is 0 Å². The molecular formula is C4H6O6. The van der Waals surface area contributed by atoms with Crippen LogP contribution >= 0.6 is 0 Å². The lowest BCUT2D eigenvalue weighted by Crippen LogP contribution is -2.36. The number of rotatable bonds is 4. The van der Waals surface area contributed by atoms with Crippen LogP contribution in [0.1, 0.15) is 0 Å². The SMILES string of the molecule is O=CC(OO)C(O)C(=O)O. The molecule has 10 heavy (non-hydrogen) atoms. The van der Waals surface area contributed by atoms with E-state index in [1.807, 2.05) is 0 Å². The summed E-state index contributed by atoms with van der Waals surface area (Å²) in [5, 5.41) is 24.3. The van der Waals surface area contributed by atoms with Crippen molar-refractivity contribution in [3.8, 4) is 0 Å². The summed E-state index contributed by atoms with van der Waals surface area (Å²) in [7, 11) is 0. The fraction of sp³-hybridized carbons (Fsp3) is 0.500. The van der Waals surface area contributed by atoms with Crippen LogP contribution in [0.4, 0.5) is 0 Å². The number of aliphatic carboxylic acids is 1. The molecule has 0 spiro atoms. The molecule has 3 N–H and O–H groups in total. The third kappa shape index (κ3) is 2.09. The summed E-state index contributed by atoms with van der Waals surface area (Å²) < 4.78 is 0. The van der Waals surface area contributed by atoms with E-state index < -0.39 is 18.2 Å². The Morgan fingerprint density at radius 2 is 2.10 bits per heavy atom. The maximum Gasteiger partial charge on any atom is 0.335 e. The van der Waals surface area contributed by atoms with E-state index in [-0.39, 0.29) is 6.29 Å². The first-order valence-electron chi connectivity index (χ1n) is 2.30. The van der Waals surface area contributed by atoms with Gasteiger partial charge in [0.25, 0.3) is 0 Å². The number of carboxylic acids is 1. The summed E-state index contributed by atoms with van der Waals surface area (Å²) in [5.74, 6) is -1.63. The molecule has 0 rings (SSSR count). The third-order valence-electron chi connectivity index (χ3n) is 0.820. The van der Waals surface area contributed by atoms with Gasteiger partial charge in [-0.15, -0.1) is 0 Å². The first-order valence-corrected chi connectivity index (χ1v) is 2.30. The molecule has 0 aromatic rings. The van der Waals surface area contributed by atoms with E-state index in [0.29, 0.717) is 0 Å². The van der Waals surface area contributed by atoms with Gasteiger partial charge >= 0.3 is 5.97 Å². The lowest BCUT2D eigenvalue weighted by molar-refractivity contribution is -0.283. The zero-order chi connectivity index (χ0) is 8.15. The van der Waals surface area contributed by atoms with Gasteiger partial charge < -0.3 is 15.0 Å². The Hall–Kier alpha value is -0.980. The van der Waals surface area contributed by atoms with Crippen LogP contribution in [0.5, 0.6) is 0 Å². The van der Waals surface area contributed by atoms with Gasteiger partial charge in [-0.25, -0.2) is 9.68 Å². The molecule has 0 fully saturated rings. The average Bonchev–Trinajstić information content (AvgIpc) is 1.90. The minimum Gasteiger partial charge on any atom is -0.479 e. The van der Waals surface area contributed by atoms with Crippen molar-refractivity contribution in [1.82, 2.24) is 0 Å². The molecule has 6 heteroatoms. The second-order valence-corrected chi connectivity index (χ2v) is 1.49. The van der Waals surface area contributed by atoms with Crippen molar-refractivity contribution < 1.29 is 29.9 Å². The Morgan fingerprint density at radius 3 is 2.20 bits per heavy atom. The van der Waals surface area contributed by atoms with Gasteiger partial charge in [-0.1, -0.05) is 0 Å². The Labute approximate surface area is 55.6 Å². The summed E-state index contributed by atoms with van der Waals surface area (Å²) in [6.45, 7) is 0. The largest absolute Gasteiger partial charge is 0.479 e. The molecule has 58 valence electrons. The monoisotopic (exact) mass is 150 g/mol. The van der Waals surface area contributed by atoms with E-state index in [4.69, 9.17) is 15.5 Å². The minimum absolute atomic E-state index is 0.0151. The lowest BCUT2D eigenvalue weighted by atomic mass is 10.2. The highest BCUT2D eigenvalue weighted by Crippen LogP contribution is 1.93. The number of hydrogen-bond acceptors (Lipinski definition) is 5. The maximum absolute atomic E-state index is 9.86. The molecule has 2 atom stereocenters. The molecule has 0 aliphatic heterocycles. The van der Waals surface area contributed by atoms with E-state index in [9.17, 15) is 9.59 Å². The van der Waals surface area contributed by atoms with Crippen LogP contribution in [0.2, 0.25) is 0 Å². The lowest BCUT2D eigenvalue weighted by Gasteiger charge is -2.08. The Bertz CT molecular complexity index is 132. The van der Waals surface area contributed by atoms with Crippen molar-refractivity contribution in [2.45, 2.75) is 12.2 Å². The van der Waals surface area contributed by atoms with E-state index in [2.05, 4.69) is 4.89 Å². The third-order valence-corrected chi connectivity index (χ3v) is 0.820. The van der Waals surface area contributed by atoms with Crippen LogP contribution in [-0.4, -0.2) is 39.9 Å². The minimum atomic E-state index is -2.03. The van der Waals surface area contributed by atoms with Crippen molar-refractivity contribution in [3.63, 3.8) is 0 Å². The van der Waals surface area contributed by atoms with Crippen molar-refractivity contribution in [3.05, 3.63) is 0 Å². The predicted octanol–water partition coefficient (Wildman–Crippen LogP) is -1.51. The molecule has 2 unspecified atom stereocenters. The molecule has 0 saturated carbocycles. The second kappa shape index (κ2) is 3.94. The Balaban J connectivity index is 4.00. The number of hydrogen-bond donors (Lipinski definition) is 3. The van der Waals surface area contributed by atoms with Gasteiger partial charge in [0, 0.05) is 0 Å². The van der Waals surface area contributed by atoms with Gasteiger partial charge in [0.1, 0.15) is 0 Å². The molecule has 0 radical (unpaired) electrons. The fourth-order valence-electron chi connectivity index (χ4n) is 0.297. The van der Waals surface area contributed by atoms with Crippen LogP contribution in [-0.2, 0) is 14.5 Å². The zero-order valence-electron chi connectivity index (χ0n) is 4.80. The van der Waals surface area contributed by atoms with Crippen LogP contribution in [0, 0.1) is 0 Å². The Kier molecular flexibility index (Phi) is 3.55. The molecule has 0 aromatic carbocycles. The molecule has 0 heterocycles. The Morgan fingerprint density at radius 1 is 1.60 bits per heavy atom. The molecule has 0 aliphatic carbocycles. The molecule has 0 amide bonds. The number of aldehydes is 1. The van der Waals surface area contributed by atoms with Crippen LogP contribution in [0.3, 0.4) is 0 Å². The van der Waals surface area contributed by atoms with Crippen molar-refractivity contribution in [1.29, 1.82) is 0 Å². The van der Waals surface area contributed by atoms with Gasteiger partial charge in [0.2, 0.25) is 0 Å². The van der Waals surface area contributed by atoms with Gasteiger partial charge in [0.05, 0.1) is 0 Å². The van der Waals surface area contributed by atoms with Gasteiger partial charge in [-0.05, 0) is 0 Å². The van der Waals surface area contributed by atoms with Crippen molar-refractivity contribution in [2.75, 3.05) is 0 Å². The van der Waals surface area contributed by atoms with E-state index in [0.717, 1.165) is 0 Å². The quantitative estimate of drug-likeness (QED) is 0.255. The van der Waals surface area contributed by atoms with E-state index >= 15 is 0 Å². The van der Waals surface area contributed by atoms with Crippen LogP contribution < -0.4 is 0 Å². The van der Waals surface area contributed by atoms with Crippen LogP contribution in [0.15, 0.2) is 0 Å². The maximum atomic E-state index is 9.86. The standard InChI is InChI=1S/C4H6O6/c5-1-2(10-9)3(6)4(7)8/h1-3,6,9H,(H,7,8). The summed E-state index contributed by atoms with van der Waals surface area (Å²) in [6.07, 6.45) is -3.77. The van der Waals surface area contributed by atoms with E-state index in [1.165, 1.54) is 0 Å². The zero-order valence-corrected chi connectivity index (χ0v) is 4.80. The van der Waals surface area contributed by atoms with Crippen LogP contribution in [0.25, 0.3) is 0 Å². The second-order valence-electron chi connectivity index (χ2n) is 1.49. The molecule has 0 saturated heterocycles. The first kappa shape index (κ1) is 9.02. The van der Waals surface area contributed by atoms with Gasteiger partial charge in [-0.3, -0.25) is 5.26 Å². The van der Waals surface area contributed by atoms with Crippen molar-refractivity contribution >= 4 is 12.3 Å². The molecule has 6 nitrogen and oxygen atoms in total. The number of carboxylic acid groups (broad SMARTS) is 1. The van der Waals surface area contributed by atoms with Crippen molar-refractivity contribution in [2.24, 2.45) is 0 Å². The first-order chi connectivity index (χ1) is 4.63. The molecule has 0 aromatic heterocycles. The highest BCUT2D eigenvalue weighted by Gasteiger charge is 2.26. The number of aliphatic hydroxyl groups excluding tert-OH is 1. The average molecular weight is 150 g/mol. The molecular weight excluding hydrogens is 144 g/mol. The summed E-state index contributed by atoms with van der Waals surface area (Å²) in [5.41, 5.74) is 0. The number of carbonyl (C=O) groups is 2. The number of aliphatic hydroxyl groups is 1. The fourth-order valence-corrected chi connectivity index (χ4v) is 0.297. The topological polar surface area (TPSA) is 104 Å². The smallest absolute Gasteiger partial charge is 0.335 e. The normalized spacial score (nSPS) is 15.8. The highest BCUT2D eigenvalue weighted by atomic mass is 17.1. The van der Waals surface area contributed by atoms with E-state index in [1.54, 1.807) is 0 Å². The summed E-state index contributed by atoms with van der Waals surface area (Å²) in [4.78, 5) is 23.0. The number of carbonyl (C=O) groups excluding carboxylic acids is 1. The van der Waals surface area contributed by atoms with Gasteiger partial charge in [0.15, 0.2) is 18.5 Å². The summed E-state index contributed by atoms with van der Waals surface area (Å²) >= 11 is 0. The molecule has 0 aliphatic rings. The molecule has 0 bridgehead atoms.